The van der Waals surface area contributed by atoms with Crippen LogP contribution in [0.3, 0.4) is 0 Å². The molecule has 3 aromatic heterocycles. The first-order valence-corrected chi connectivity index (χ1v) is 6.45. The standard InChI is InChI=1S/C15H15N5/c1-3-7-17-14(5-1)11-20(19-10-9-16-13-19)12-15-6-2-4-8-18-15/h1-10,13H,11-12H2. The maximum absolute atomic E-state index is 4.37. The van der Waals surface area contributed by atoms with Crippen molar-refractivity contribution in [2.75, 3.05) is 5.01 Å². The van der Waals surface area contributed by atoms with Gasteiger partial charge in [0, 0.05) is 24.8 Å². The van der Waals surface area contributed by atoms with Crippen molar-refractivity contribution < 1.29 is 0 Å². The lowest BCUT2D eigenvalue weighted by molar-refractivity contribution is 0.563. The minimum Gasteiger partial charge on any atom is -0.300 e. The summed E-state index contributed by atoms with van der Waals surface area (Å²) in [5, 5.41) is 2.14. The zero-order chi connectivity index (χ0) is 13.6. The Morgan fingerprint density at radius 3 is 1.95 bits per heavy atom. The van der Waals surface area contributed by atoms with Crippen LogP contribution < -0.4 is 5.01 Å². The molecule has 0 atom stereocenters. The van der Waals surface area contributed by atoms with Crippen LogP contribution in [0.5, 0.6) is 0 Å². The fourth-order valence-electron chi connectivity index (χ4n) is 2.00. The molecule has 0 fully saturated rings. The molecule has 0 radical (unpaired) electrons. The summed E-state index contributed by atoms with van der Waals surface area (Å²) in [7, 11) is 0. The molecule has 0 N–H and O–H groups in total. The normalized spacial score (nSPS) is 10.4. The van der Waals surface area contributed by atoms with Gasteiger partial charge in [0.2, 0.25) is 0 Å². The lowest BCUT2D eigenvalue weighted by atomic mass is 10.3. The van der Waals surface area contributed by atoms with E-state index in [4.69, 9.17) is 0 Å². The van der Waals surface area contributed by atoms with Crippen LogP contribution in [-0.4, -0.2) is 19.6 Å². The van der Waals surface area contributed by atoms with Gasteiger partial charge in [-0.25, -0.2) is 4.98 Å². The van der Waals surface area contributed by atoms with Gasteiger partial charge in [-0.15, -0.1) is 0 Å². The number of hydrogen-bond donors (Lipinski definition) is 0. The summed E-state index contributed by atoms with van der Waals surface area (Å²) >= 11 is 0. The molecule has 3 rings (SSSR count). The van der Waals surface area contributed by atoms with E-state index in [0.29, 0.717) is 13.1 Å². The van der Waals surface area contributed by atoms with Crippen LogP contribution in [0, 0.1) is 0 Å². The first-order valence-electron chi connectivity index (χ1n) is 6.45. The Balaban J connectivity index is 1.81. The van der Waals surface area contributed by atoms with Crippen molar-refractivity contribution in [1.82, 2.24) is 19.6 Å². The predicted octanol–water partition coefficient (Wildman–Crippen LogP) is 2.01. The zero-order valence-corrected chi connectivity index (χ0v) is 11.0. The van der Waals surface area contributed by atoms with Crippen molar-refractivity contribution >= 4 is 0 Å². The molecule has 3 aromatic rings. The number of nitrogens with zero attached hydrogens (tertiary/aromatic N) is 5. The third kappa shape index (κ3) is 3.00. The third-order valence-corrected chi connectivity index (χ3v) is 2.96. The highest BCUT2D eigenvalue weighted by molar-refractivity contribution is 5.11. The molecule has 0 aliphatic carbocycles. The van der Waals surface area contributed by atoms with Gasteiger partial charge in [-0.05, 0) is 24.3 Å². The Hall–Kier alpha value is -2.69. The van der Waals surface area contributed by atoms with Gasteiger partial charge < -0.3 is 0 Å². The van der Waals surface area contributed by atoms with E-state index in [2.05, 4.69) is 20.0 Å². The first-order chi connectivity index (χ1) is 9.92. The average Bonchev–Trinajstić information content (AvgIpc) is 3.03. The van der Waals surface area contributed by atoms with Gasteiger partial charge in [-0.1, -0.05) is 12.1 Å². The Bertz CT molecular complexity index is 580. The van der Waals surface area contributed by atoms with Gasteiger partial charge in [0.25, 0.3) is 0 Å². The van der Waals surface area contributed by atoms with Gasteiger partial charge in [-0.2, -0.15) is 0 Å². The fraction of sp³-hybridized carbons (Fsp3) is 0.133. The van der Waals surface area contributed by atoms with E-state index in [9.17, 15) is 0 Å². The summed E-state index contributed by atoms with van der Waals surface area (Å²) in [5.41, 5.74) is 2.02. The van der Waals surface area contributed by atoms with E-state index in [0.717, 1.165) is 11.4 Å². The van der Waals surface area contributed by atoms with Crippen LogP contribution in [0.1, 0.15) is 11.4 Å². The van der Waals surface area contributed by atoms with Crippen LogP contribution >= 0.6 is 0 Å². The van der Waals surface area contributed by atoms with Crippen LogP contribution in [0.15, 0.2) is 67.5 Å². The molecular formula is C15H15N5. The second kappa shape index (κ2) is 5.97. The predicted molar refractivity (Wildman–Crippen MR) is 76.3 cm³/mol. The summed E-state index contributed by atoms with van der Waals surface area (Å²) in [6.45, 7) is 1.40. The summed E-state index contributed by atoms with van der Waals surface area (Å²) in [5.74, 6) is 0. The highest BCUT2D eigenvalue weighted by Crippen LogP contribution is 2.06. The Morgan fingerprint density at radius 2 is 1.50 bits per heavy atom. The molecule has 0 unspecified atom stereocenters. The lowest BCUT2D eigenvalue weighted by Gasteiger charge is -2.24. The van der Waals surface area contributed by atoms with Gasteiger partial charge in [-0.3, -0.25) is 19.7 Å². The molecule has 0 aliphatic rings. The molecule has 20 heavy (non-hydrogen) atoms. The van der Waals surface area contributed by atoms with Crippen molar-refractivity contribution in [3.8, 4) is 0 Å². The Labute approximate surface area is 117 Å². The summed E-state index contributed by atoms with van der Waals surface area (Å²) in [6, 6.07) is 11.9. The molecule has 0 aromatic carbocycles. The van der Waals surface area contributed by atoms with Gasteiger partial charge >= 0.3 is 0 Å². The summed E-state index contributed by atoms with van der Waals surface area (Å²) in [6.07, 6.45) is 9.09. The van der Waals surface area contributed by atoms with E-state index in [1.807, 2.05) is 59.7 Å². The van der Waals surface area contributed by atoms with Crippen LogP contribution in [0.4, 0.5) is 0 Å². The lowest BCUT2D eigenvalue weighted by Crippen LogP contribution is -2.33. The summed E-state index contributed by atoms with van der Waals surface area (Å²) in [4.78, 5) is 12.9. The minimum atomic E-state index is 0.702. The molecule has 0 aliphatic heterocycles. The maximum atomic E-state index is 4.37. The highest BCUT2D eigenvalue weighted by Gasteiger charge is 2.08. The minimum absolute atomic E-state index is 0.702. The number of imidazole rings is 1. The molecule has 5 heteroatoms. The SMILES string of the molecule is c1ccc(CN(Cc2ccccn2)n2ccnc2)nc1. The smallest absolute Gasteiger partial charge is 0.114 e. The van der Waals surface area contributed by atoms with Crippen molar-refractivity contribution in [1.29, 1.82) is 0 Å². The number of hydrogen-bond acceptors (Lipinski definition) is 4. The average molecular weight is 265 g/mol. The number of pyridine rings is 2. The van der Waals surface area contributed by atoms with E-state index >= 15 is 0 Å². The highest BCUT2D eigenvalue weighted by atomic mass is 15.5. The zero-order valence-electron chi connectivity index (χ0n) is 11.0. The largest absolute Gasteiger partial charge is 0.300 e. The van der Waals surface area contributed by atoms with Gasteiger partial charge in [0.05, 0.1) is 24.5 Å². The molecule has 100 valence electrons. The van der Waals surface area contributed by atoms with Crippen molar-refractivity contribution in [2.45, 2.75) is 13.1 Å². The van der Waals surface area contributed by atoms with Gasteiger partial charge in [0.1, 0.15) is 6.33 Å². The van der Waals surface area contributed by atoms with Crippen LogP contribution in [0.2, 0.25) is 0 Å². The first kappa shape index (κ1) is 12.3. The molecule has 0 spiro atoms. The van der Waals surface area contributed by atoms with E-state index in [1.54, 1.807) is 12.5 Å². The number of aromatic nitrogens is 4. The quantitative estimate of drug-likeness (QED) is 0.708. The van der Waals surface area contributed by atoms with Crippen LogP contribution in [-0.2, 0) is 13.1 Å². The summed E-state index contributed by atoms with van der Waals surface area (Å²) < 4.78 is 1.96. The molecule has 0 amide bonds. The molecular weight excluding hydrogens is 250 g/mol. The second-order valence-corrected chi connectivity index (χ2v) is 4.41. The number of rotatable bonds is 5. The second-order valence-electron chi connectivity index (χ2n) is 4.41. The van der Waals surface area contributed by atoms with Crippen LogP contribution in [0.25, 0.3) is 0 Å². The maximum Gasteiger partial charge on any atom is 0.114 e. The fourth-order valence-corrected chi connectivity index (χ4v) is 2.00. The Kier molecular flexibility index (Phi) is 3.68. The molecule has 0 saturated heterocycles. The van der Waals surface area contributed by atoms with E-state index in [1.165, 1.54) is 0 Å². The third-order valence-electron chi connectivity index (χ3n) is 2.96. The van der Waals surface area contributed by atoms with E-state index in [-0.39, 0.29) is 0 Å². The molecule has 3 heterocycles. The topological polar surface area (TPSA) is 46.8 Å². The molecule has 5 nitrogen and oxygen atoms in total. The molecule has 0 bridgehead atoms. The molecule has 0 saturated carbocycles. The van der Waals surface area contributed by atoms with Crippen molar-refractivity contribution in [3.63, 3.8) is 0 Å². The van der Waals surface area contributed by atoms with Gasteiger partial charge in [0.15, 0.2) is 0 Å². The van der Waals surface area contributed by atoms with E-state index < -0.39 is 0 Å². The van der Waals surface area contributed by atoms with Crippen molar-refractivity contribution in [2.24, 2.45) is 0 Å². The van der Waals surface area contributed by atoms with Crippen molar-refractivity contribution in [3.05, 3.63) is 78.9 Å². The monoisotopic (exact) mass is 265 g/mol. The Morgan fingerprint density at radius 1 is 0.850 bits per heavy atom.